The Bertz CT molecular complexity index is 2340. The van der Waals surface area contributed by atoms with Crippen molar-refractivity contribution in [3.63, 3.8) is 0 Å². The van der Waals surface area contributed by atoms with E-state index in [-0.39, 0.29) is 24.3 Å². The van der Waals surface area contributed by atoms with E-state index in [1.807, 2.05) is 61.5 Å². The number of nitrogens with zero attached hydrogens (tertiary/aromatic N) is 3. The number of hydrogen-bond acceptors (Lipinski definition) is 10. The maximum atomic E-state index is 14.5. The number of para-hydroxylation sites is 1. The van der Waals surface area contributed by atoms with Gasteiger partial charge in [0, 0.05) is 16.7 Å². The monoisotopic (exact) mass is 701 g/mol. The summed E-state index contributed by atoms with van der Waals surface area (Å²) >= 11 is 1.21. The lowest BCUT2D eigenvalue weighted by atomic mass is 9.92. The van der Waals surface area contributed by atoms with Crippen LogP contribution in [0, 0.1) is 11.3 Å². The molecule has 0 bridgehead atoms. The Balaban J connectivity index is 1.52. The summed E-state index contributed by atoms with van der Waals surface area (Å²) in [4.78, 5) is 33.7. The minimum absolute atomic E-state index is 0.128. The summed E-state index contributed by atoms with van der Waals surface area (Å²) in [7, 11) is 3.05. The number of esters is 1. The quantitative estimate of drug-likeness (QED) is 0.150. The lowest BCUT2D eigenvalue weighted by Crippen LogP contribution is -2.40. The smallest absolute Gasteiger partial charge is 0.338 e. The van der Waals surface area contributed by atoms with Gasteiger partial charge in [-0.05, 0) is 49.8 Å². The highest BCUT2D eigenvalue weighted by Crippen LogP contribution is 2.42. The largest absolute Gasteiger partial charge is 0.493 e. The van der Waals surface area contributed by atoms with Crippen molar-refractivity contribution < 1.29 is 28.5 Å². The lowest BCUT2D eigenvalue weighted by Gasteiger charge is -2.27. The number of thiazole rings is 1. The fraction of sp³-hybridized carbons (Fsp3) is 0.200. The van der Waals surface area contributed by atoms with Crippen molar-refractivity contribution in [3.05, 3.63) is 144 Å². The molecule has 2 heterocycles. The molecule has 1 aromatic heterocycles. The predicted molar refractivity (Wildman–Crippen MR) is 194 cm³/mol. The van der Waals surface area contributed by atoms with Gasteiger partial charge in [-0.3, -0.25) is 9.36 Å². The maximum Gasteiger partial charge on any atom is 0.338 e. The van der Waals surface area contributed by atoms with E-state index < -0.39 is 12.0 Å². The number of hydrogen-bond donors (Lipinski definition) is 0. The lowest BCUT2D eigenvalue weighted by molar-refractivity contribution is -0.138. The predicted octanol–water partition coefficient (Wildman–Crippen LogP) is 5.80. The Hall–Kier alpha value is -6.12. The second-order valence-corrected chi connectivity index (χ2v) is 12.2. The molecule has 0 N–H and O–H groups in total. The van der Waals surface area contributed by atoms with E-state index in [9.17, 15) is 14.9 Å². The molecule has 6 rings (SSSR count). The molecule has 1 aliphatic heterocycles. The van der Waals surface area contributed by atoms with Gasteiger partial charge in [0.25, 0.3) is 5.56 Å². The zero-order valence-electron chi connectivity index (χ0n) is 28.5. The first-order chi connectivity index (χ1) is 24.9. The summed E-state index contributed by atoms with van der Waals surface area (Å²) in [6.07, 6.45) is 1.76. The van der Waals surface area contributed by atoms with E-state index in [4.69, 9.17) is 28.7 Å². The van der Waals surface area contributed by atoms with E-state index in [1.54, 1.807) is 49.4 Å². The zero-order chi connectivity index (χ0) is 35.9. The minimum atomic E-state index is -0.950. The van der Waals surface area contributed by atoms with Crippen LogP contribution in [0.15, 0.2) is 106 Å². The minimum Gasteiger partial charge on any atom is -0.493 e. The maximum absolute atomic E-state index is 14.5. The molecule has 0 radical (unpaired) electrons. The molecule has 1 atom stereocenters. The van der Waals surface area contributed by atoms with Crippen LogP contribution in [0.25, 0.3) is 11.8 Å². The first-order valence-electron chi connectivity index (χ1n) is 16.3. The third kappa shape index (κ3) is 7.00. The molecule has 11 heteroatoms. The molecule has 0 fully saturated rings. The van der Waals surface area contributed by atoms with Gasteiger partial charge in [0.05, 0.1) is 54.9 Å². The average molecular weight is 702 g/mol. The summed E-state index contributed by atoms with van der Waals surface area (Å²) in [6, 6.07) is 28.6. The van der Waals surface area contributed by atoms with Crippen LogP contribution in [0.3, 0.4) is 0 Å². The first-order valence-corrected chi connectivity index (χ1v) is 17.1. The van der Waals surface area contributed by atoms with Gasteiger partial charge in [0.2, 0.25) is 0 Å². The molecular formula is C40H35N3O7S. The summed E-state index contributed by atoms with van der Waals surface area (Å²) in [5.74, 6) is 1.22. The number of fused-ring (bicyclic) bond motifs is 1. The summed E-state index contributed by atoms with van der Waals surface area (Å²) < 4.78 is 30.9. The highest BCUT2D eigenvalue weighted by molar-refractivity contribution is 7.07. The van der Waals surface area contributed by atoms with Gasteiger partial charge in [-0.1, -0.05) is 78.1 Å². The van der Waals surface area contributed by atoms with E-state index in [2.05, 4.69) is 6.07 Å². The molecule has 10 nitrogen and oxygen atoms in total. The van der Waals surface area contributed by atoms with Crippen molar-refractivity contribution in [3.8, 4) is 29.1 Å². The van der Waals surface area contributed by atoms with Gasteiger partial charge in [-0.15, -0.1) is 0 Å². The van der Waals surface area contributed by atoms with Crippen LogP contribution in [0.2, 0.25) is 0 Å². The molecule has 258 valence electrons. The van der Waals surface area contributed by atoms with E-state index in [1.165, 1.54) is 30.1 Å². The van der Waals surface area contributed by atoms with Crippen molar-refractivity contribution in [2.45, 2.75) is 26.5 Å². The van der Waals surface area contributed by atoms with Crippen molar-refractivity contribution in [2.75, 3.05) is 27.4 Å². The van der Waals surface area contributed by atoms with Gasteiger partial charge in [-0.2, -0.15) is 5.26 Å². The number of methoxy groups -OCH3 is 2. The summed E-state index contributed by atoms with van der Waals surface area (Å²) in [6.45, 7) is 4.30. The van der Waals surface area contributed by atoms with Crippen LogP contribution in [0.4, 0.5) is 0 Å². The van der Waals surface area contributed by atoms with Crippen molar-refractivity contribution in [1.29, 1.82) is 5.26 Å². The number of aromatic nitrogens is 1. The van der Waals surface area contributed by atoms with Crippen LogP contribution >= 0.6 is 11.3 Å². The second kappa shape index (κ2) is 15.6. The Kier molecular flexibility index (Phi) is 10.6. The fourth-order valence-corrected chi connectivity index (χ4v) is 6.93. The van der Waals surface area contributed by atoms with Gasteiger partial charge < -0.3 is 23.7 Å². The molecule has 51 heavy (non-hydrogen) atoms. The highest BCUT2D eigenvalue weighted by Gasteiger charge is 2.37. The third-order valence-electron chi connectivity index (χ3n) is 8.19. The van der Waals surface area contributed by atoms with E-state index in [0.29, 0.717) is 66.9 Å². The molecule has 1 aliphatic rings. The number of carbonyl (C=O) groups excluding carboxylic acids is 1. The number of rotatable bonds is 12. The second-order valence-electron chi connectivity index (χ2n) is 11.2. The molecule has 0 saturated heterocycles. The van der Waals surface area contributed by atoms with Crippen LogP contribution in [-0.4, -0.2) is 38.0 Å². The SMILES string of the molecule is CCOC(=O)C1=C(c2ccccc2)N=c2sc(=Cc3ccc(OCc4ccccc4C#N)c(OCC)c3)c(=O)n2C1c1cccc(OC)c1OC. The first kappa shape index (κ1) is 34.7. The number of nitriles is 1. The molecule has 0 aliphatic carbocycles. The number of ether oxygens (including phenoxy) is 5. The standard InChI is InChI=1S/C40H35N3O7S/c1-5-48-32-21-25(19-20-30(32)50-24-28-16-11-10-15-27(28)23-41)22-33-38(44)43-36(29-17-12-18-31(46-3)37(29)47-4)34(39(45)49-6-2)35(42-40(43)51-33)26-13-8-7-9-14-26/h7-22,36H,5-6,24H2,1-4H3. The third-order valence-corrected chi connectivity index (χ3v) is 9.17. The van der Waals surface area contributed by atoms with Crippen molar-refractivity contribution >= 4 is 29.1 Å². The molecule has 4 aromatic carbocycles. The van der Waals surface area contributed by atoms with E-state index >= 15 is 0 Å². The van der Waals surface area contributed by atoms with Crippen LogP contribution in [0.5, 0.6) is 23.0 Å². The average Bonchev–Trinajstić information content (AvgIpc) is 3.47. The molecule has 0 saturated carbocycles. The topological polar surface area (TPSA) is 121 Å². The summed E-state index contributed by atoms with van der Waals surface area (Å²) in [5.41, 5.74) is 3.46. The summed E-state index contributed by atoms with van der Waals surface area (Å²) in [5, 5.41) is 9.48. The fourth-order valence-electron chi connectivity index (χ4n) is 5.93. The number of benzene rings is 4. The van der Waals surface area contributed by atoms with Gasteiger partial charge >= 0.3 is 5.97 Å². The van der Waals surface area contributed by atoms with Crippen LogP contribution in [-0.2, 0) is 16.1 Å². The Morgan fingerprint density at radius 3 is 2.41 bits per heavy atom. The van der Waals surface area contributed by atoms with Gasteiger partial charge in [0.15, 0.2) is 27.8 Å². The molecule has 1 unspecified atom stereocenters. The normalized spacial score (nSPS) is 13.9. The van der Waals surface area contributed by atoms with Crippen LogP contribution in [0.1, 0.15) is 47.7 Å². The zero-order valence-corrected chi connectivity index (χ0v) is 29.4. The Labute approximate surface area is 298 Å². The molecule has 0 spiro atoms. The van der Waals surface area contributed by atoms with Crippen molar-refractivity contribution in [1.82, 2.24) is 4.57 Å². The molecule has 5 aromatic rings. The number of carbonyl (C=O) groups is 1. The Morgan fingerprint density at radius 2 is 1.69 bits per heavy atom. The Morgan fingerprint density at radius 1 is 0.902 bits per heavy atom. The highest BCUT2D eigenvalue weighted by atomic mass is 32.1. The molecule has 0 amide bonds. The van der Waals surface area contributed by atoms with E-state index in [0.717, 1.165) is 5.56 Å². The molecular weight excluding hydrogens is 667 g/mol. The van der Waals surface area contributed by atoms with Gasteiger partial charge in [-0.25, -0.2) is 9.79 Å². The van der Waals surface area contributed by atoms with Crippen LogP contribution < -0.4 is 33.8 Å². The van der Waals surface area contributed by atoms with Crippen molar-refractivity contribution in [2.24, 2.45) is 4.99 Å². The van der Waals surface area contributed by atoms with Gasteiger partial charge in [0.1, 0.15) is 12.6 Å².